The molecule has 0 bridgehead atoms. The molecule has 2 rings (SSSR count). The molecule has 2 aromatic rings. The van der Waals surface area contributed by atoms with Gasteiger partial charge < -0.3 is 0 Å². The Balaban J connectivity index is 2.23. The van der Waals surface area contributed by atoms with Crippen LogP contribution in [0.3, 0.4) is 0 Å². The van der Waals surface area contributed by atoms with E-state index in [2.05, 4.69) is 10.1 Å². The minimum atomic E-state index is 0.0820. The number of aromatic nitrogens is 3. The van der Waals surface area contributed by atoms with Crippen LogP contribution < -0.4 is 0 Å². The Labute approximate surface area is 100 Å². The lowest BCUT2D eigenvalue weighted by molar-refractivity contribution is 0.0989. The van der Waals surface area contributed by atoms with Gasteiger partial charge in [0.15, 0.2) is 5.78 Å². The molecule has 0 spiro atoms. The molecule has 88 valence electrons. The summed E-state index contributed by atoms with van der Waals surface area (Å²) in [7, 11) is 1.79. The van der Waals surface area contributed by atoms with Gasteiger partial charge >= 0.3 is 0 Å². The second-order valence-electron chi connectivity index (χ2n) is 4.22. The first-order chi connectivity index (χ1) is 8.08. The number of rotatable bonds is 3. The molecule has 0 aliphatic heterocycles. The van der Waals surface area contributed by atoms with E-state index >= 15 is 0 Å². The lowest BCUT2D eigenvalue weighted by Gasteiger charge is -2.05. The van der Waals surface area contributed by atoms with Gasteiger partial charge in [-0.15, -0.1) is 0 Å². The minimum absolute atomic E-state index is 0.0820. The summed E-state index contributed by atoms with van der Waals surface area (Å²) in [6.45, 7) is 3.97. The summed E-state index contributed by atoms with van der Waals surface area (Å²) in [4.78, 5) is 16.2. The molecule has 0 radical (unpaired) electrons. The van der Waals surface area contributed by atoms with Gasteiger partial charge in [-0.1, -0.05) is 23.8 Å². The standard InChI is InChI=1S/C13H15N3O/c1-9-4-5-11(10(2)6-9)12(17)7-13-14-8-15-16(13)3/h4-6,8H,7H2,1-3H3. The largest absolute Gasteiger partial charge is 0.294 e. The highest BCUT2D eigenvalue weighted by atomic mass is 16.1. The number of aryl methyl sites for hydroxylation is 3. The molecule has 0 saturated carbocycles. The van der Waals surface area contributed by atoms with E-state index in [9.17, 15) is 4.79 Å². The topological polar surface area (TPSA) is 47.8 Å². The molecular formula is C13H15N3O. The first-order valence-corrected chi connectivity index (χ1v) is 5.51. The highest BCUT2D eigenvalue weighted by Gasteiger charge is 2.12. The van der Waals surface area contributed by atoms with Gasteiger partial charge in [0.05, 0.1) is 6.42 Å². The van der Waals surface area contributed by atoms with Crippen molar-refractivity contribution in [2.75, 3.05) is 0 Å². The maximum Gasteiger partial charge on any atom is 0.170 e. The molecule has 4 heteroatoms. The SMILES string of the molecule is Cc1ccc(C(=O)Cc2ncnn2C)c(C)c1. The molecule has 1 heterocycles. The van der Waals surface area contributed by atoms with Crippen molar-refractivity contribution >= 4 is 5.78 Å². The van der Waals surface area contributed by atoms with E-state index in [1.165, 1.54) is 6.33 Å². The first-order valence-electron chi connectivity index (χ1n) is 5.51. The molecule has 0 amide bonds. The first kappa shape index (κ1) is 11.5. The van der Waals surface area contributed by atoms with Crippen molar-refractivity contribution in [1.82, 2.24) is 14.8 Å². The maximum atomic E-state index is 12.1. The molecule has 0 saturated heterocycles. The third-order valence-corrected chi connectivity index (χ3v) is 2.81. The van der Waals surface area contributed by atoms with E-state index < -0.39 is 0 Å². The number of carbonyl (C=O) groups is 1. The zero-order valence-electron chi connectivity index (χ0n) is 10.3. The lowest BCUT2D eigenvalue weighted by Crippen LogP contribution is -2.10. The van der Waals surface area contributed by atoms with Crippen LogP contribution in [0.1, 0.15) is 27.3 Å². The summed E-state index contributed by atoms with van der Waals surface area (Å²) in [5.41, 5.74) is 2.94. The molecule has 0 N–H and O–H groups in total. The van der Waals surface area contributed by atoms with E-state index in [4.69, 9.17) is 0 Å². The smallest absolute Gasteiger partial charge is 0.170 e. The van der Waals surface area contributed by atoms with Crippen LogP contribution in [0.2, 0.25) is 0 Å². The van der Waals surface area contributed by atoms with Gasteiger partial charge in [0, 0.05) is 12.6 Å². The van der Waals surface area contributed by atoms with Crippen molar-refractivity contribution < 1.29 is 4.79 Å². The molecule has 1 aromatic heterocycles. The quantitative estimate of drug-likeness (QED) is 0.755. The summed E-state index contributed by atoms with van der Waals surface area (Å²) < 4.78 is 1.63. The monoisotopic (exact) mass is 229 g/mol. The van der Waals surface area contributed by atoms with E-state index in [0.29, 0.717) is 12.2 Å². The Kier molecular flexibility index (Phi) is 3.04. The highest BCUT2D eigenvalue weighted by molar-refractivity contribution is 5.98. The van der Waals surface area contributed by atoms with Gasteiger partial charge in [-0.2, -0.15) is 5.10 Å². The molecule has 17 heavy (non-hydrogen) atoms. The van der Waals surface area contributed by atoms with Crippen LogP contribution in [-0.4, -0.2) is 20.5 Å². The Morgan fingerprint density at radius 3 is 2.71 bits per heavy atom. The van der Waals surface area contributed by atoms with Crippen molar-refractivity contribution in [3.05, 3.63) is 47.0 Å². The number of hydrogen-bond acceptors (Lipinski definition) is 3. The van der Waals surface area contributed by atoms with E-state index in [1.807, 2.05) is 32.0 Å². The van der Waals surface area contributed by atoms with Gasteiger partial charge in [0.1, 0.15) is 12.2 Å². The predicted octanol–water partition coefficient (Wildman–Crippen LogP) is 1.86. The normalized spacial score (nSPS) is 10.5. The average Bonchev–Trinajstić information content (AvgIpc) is 2.64. The summed E-state index contributed by atoms with van der Waals surface area (Å²) in [5, 5.41) is 3.95. The molecular weight excluding hydrogens is 214 g/mol. The van der Waals surface area contributed by atoms with Crippen molar-refractivity contribution in [3.63, 3.8) is 0 Å². The van der Waals surface area contributed by atoms with E-state index in [1.54, 1.807) is 11.7 Å². The zero-order valence-corrected chi connectivity index (χ0v) is 10.3. The van der Waals surface area contributed by atoms with Crippen LogP contribution in [0, 0.1) is 13.8 Å². The molecule has 0 unspecified atom stereocenters. The van der Waals surface area contributed by atoms with Gasteiger partial charge in [0.2, 0.25) is 0 Å². The van der Waals surface area contributed by atoms with Gasteiger partial charge in [-0.3, -0.25) is 9.48 Å². The van der Waals surface area contributed by atoms with Gasteiger partial charge in [-0.25, -0.2) is 4.98 Å². The molecule has 0 aliphatic carbocycles. The average molecular weight is 229 g/mol. The van der Waals surface area contributed by atoms with E-state index in [-0.39, 0.29) is 5.78 Å². The number of hydrogen-bond donors (Lipinski definition) is 0. The third kappa shape index (κ3) is 2.41. The second-order valence-corrected chi connectivity index (χ2v) is 4.22. The number of ketones is 1. The Morgan fingerprint density at radius 1 is 1.35 bits per heavy atom. The fourth-order valence-corrected chi connectivity index (χ4v) is 1.85. The van der Waals surface area contributed by atoms with Crippen molar-refractivity contribution in [2.24, 2.45) is 7.05 Å². The number of nitrogens with zero attached hydrogens (tertiary/aromatic N) is 3. The maximum absolute atomic E-state index is 12.1. The number of carbonyl (C=O) groups excluding carboxylic acids is 1. The molecule has 0 aliphatic rings. The fraction of sp³-hybridized carbons (Fsp3) is 0.308. The fourth-order valence-electron chi connectivity index (χ4n) is 1.85. The van der Waals surface area contributed by atoms with Crippen LogP contribution >= 0.6 is 0 Å². The van der Waals surface area contributed by atoms with Gasteiger partial charge in [-0.05, 0) is 19.4 Å². The lowest BCUT2D eigenvalue weighted by atomic mass is 10.0. The summed E-state index contributed by atoms with van der Waals surface area (Å²) >= 11 is 0. The number of benzene rings is 1. The Morgan fingerprint density at radius 2 is 2.12 bits per heavy atom. The number of Topliss-reactive ketones (excluding diaryl/α,β-unsaturated/α-hetero) is 1. The van der Waals surface area contributed by atoms with Crippen molar-refractivity contribution in [1.29, 1.82) is 0 Å². The van der Waals surface area contributed by atoms with Crippen LogP contribution in [-0.2, 0) is 13.5 Å². The highest BCUT2D eigenvalue weighted by Crippen LogP contribution is 2.13. The van der Waals surface area contributed by atoms with E-state index in [0.717, 1.165) is 16.7 Å². The summed E-state index contributed by atoms with van der Waals surface area (Å²) in [6.07, 6.45) is 1.75. The van der Waals surface area contributed by atoms with Crippen LogP contribution in [0.5, 0.6) is 0 Å². The molecule has 4 nitrogen and oxygen atoms in total. The van der Waals surface area contributed by atoms with Crippen LogP contribution in [0.15, 0.2) is 24.5 Å². The summed E-state index contributed by atoms with van der Waals surface area (Å²) in [6, 6.07) is 5.85. The molecule has 1 aromatic carbocycles. The third-order valence-electron chi connectivity index (χ3n) is 2.81. The van der Waals surface area contributed by atoms with Crippen LogP contribution in [0.25, 0.3) is 0 Å². The van der Waals surface area contributed by atoms with Crippen molar-refractivity contribution in [2.45, 2.75) is 20.3 Å². The Bertz CT molecular complexity index is 558. The Hall–Kier alpha value is -1.97. The van der Waals surface area contributed by atoms with Gasteiger partial charge in [0.25, 0.3) is 0 Å². The zero-order chi connectivity index (χ0) is 12.4. The van der Waals surface area contributed by atoms with Crippen molar-refractivity contribution in [3.8, 4) is 0 Å². The van der Waals surface area contributed by atoms with Crippen LogP contribution in [0.4, 0.5) is 0 Å². The minimum Gasteiger partial charge on any atom is -0.294 e. The summed E-state index contributed by atoms with van der Waals surface area (Å²) in [5.74, 6) is 0.772. The predicted molar refractivity (Wildman–Crippen MR) is 65.0 cm³/mol. The molecule has 0 atom stereocenters. The second kappa shape index (κ2) is 4.49. The molecule has 0 fully saturated rings.